The Balaban J connectivity index is 1.56. The van der Waals surface area contributed by atoms with Gasteiger partial charge in [0.2, 0.25) is 5.91 Å². The Morgan fingerprint density at radius 2 is 1.91 bits per heavy atom. The van der Waals surface area contributed by atoms with Crippen molar-refractivity contribution >= 4 is 23.2 Å². The van der Waals surface area contributed by atoms with Crippen LogP contribution in [0.15, 0.2) is 11.4 Å². The van der Waals surface area contributed by atoms with Gasteiger partial charge in [0.15, 0.2) is 0 Å². The summed E-state index contributed by atoms with van der Waals surface area (Å²) in [4.78, 5) is 27.3. The van der Waals surface area contributed by atoms with Gasteiger partial charge in [0.25, 0.3) is 5.91 Å². The van der Waals surface area contributed by atoms with Gasteiger partial charge >= 0.3 is 0 Å². The van der Waals surface area contributed by atoms with Crippen molar-refractivity contribution in [2.24, 2.45) is 5.92 Å². The van der Waals surface area contributed by atoms with Crippen molar-refractivity contribution in [1.29, 1.82) is 0 Å². The van der Waals surface area contributed by atoms with Gasteiger partial charge in [-0.15, -0.1) is 11.3 Å². The van der Waals surface area contributed by atoms with Crippen LogP contribution in [0.25, 0.3) is 0 Å². The number of piperidine rings is 1. The average molecular weight is 320 g/mol. The van der Waals surface area contributed by atoms with Gasteiger partial charge in [-0.1, -0.05) is 13.8 Å². The predicted octanol–water partition coefficient (Wildman–Crippen LogP) is 3.00. The first-order valence-corrected chi connectivity index (χ1v) is 9.11. The number of carbonyl (C=O) groups is 2. The molecule has 1 aliphatic carbocycles. The van der Waals surface area contributed by atoms with E-state index in [1.54, 1.807) is 11.3 Å². The van der Waals surface area contributed by atoms with Gasteiger partial charge in [-0.05, 0) is 48.6 Å². The maximum atomic E-state index is 12.7. The third-order valence-corrected chi connectivity index (χ3v) is 5.48. The fourth-order valence-electron chi connectivity index (χ4n) is 2.95. The first-order chi connectivity index (χ1) is 10.6. The topological polar surface area (TPSA) is 49.4 Å². The molecule has 1 saturated carbocycles. The molecule has 5 heteroatoms. The number of hydrogen-bond acceptors (Lipinski definition) is 3. The molecule has 3 rings (SSSR count). The van der Waals surface area contributed by atoms with Gasteiger partial charge in [-0.3, -0.25) is 9.59 Å². The first-order valence-electron chi connectivity index (χ1n) is 8.23. The molecule has 2 aliphatic rings. The van der Waals surface area contributed by atoms with Crippen molar-refractivity contribution < 1.29 is 9.59 Å². The summed E-state index contributed by atoms with van der Waals surface area (Å²) >= 11 is 1.57. The Kier molecular flexibility index (Phi) is 4.52. The minimum absolute atomic E-state index is 0.0203. The first kappa shape index (κ1) is 15.5. The number of hydrogen-bond donors (Lipinski definition) is 1. The van der Waals surface area contributed by atoms with Crippen LogP contribution in [0.2, 0.25) is 0 Å². The van der Waals surface area contributed by atoms with Crippen molar-refractivity contribution in [2.75, 3.05) is 13.1 Å². The molecule has 1 aliphatic heterocycles. The van der Waals surface area contributed by atoms with E-state index < -0.39 is 0 Å². The van der Waals surface area contributed by atoms with Gasteiger partial charge in [-0.25, -0.2) is 0 Å². The molecule has 0 atom stereocenters. The summed E-state index contributed by atoms with van der Waals surface area (Å²) in [5.74, 6) is 0.935. The Hall–Kier alpha value is -1.36. The maximum Gasteiger partial charge on any atom is 0.264 e. The normalized spacial score (nSPS) is 19.5. The Morgan fingerprint density at radius 1 is 1.23 bits per heavy atom. The quantitative estimate of drug-likeness (QED) is 0.927. The van der Waals surface area contributed by atoms with Gasteiger partial charge in [-0.2, -0.15) is 0 Å². The lowest BCUT2D eigenvalue weighted by atomic mass is 10.0. The zero-order chi connectivity index (χ0) is 15.7. The molecule has 0 unspecified atom stereocenters. The Morgan fingerprint density at radius 3 is 2.50 bits per heavy atom. The van der Waals surface area contributed by atoms with E-state index in [1.165, 1.54) is 18.4 Å². The lowest BCUT2D eigenvalue weighted by Gasteiger charge is -2.32. The highest BCUT2D eigenvalue weighted by molar-refractivity contribution is 7.12. The van der Waals surface area contributed by atoms with Crippen molar-refractivity contribution in [2.45, 2.75) is 51.5 Å². The lowest BCUT2D eigenvalue weighted by Crippen LogP contribution is -2.47. The molecule has 120 valence electrons. The number of amides is 2. The van der Waals surface area contributed by atoms with Gasteiger partial charge in [0, 0.05) is 25.0 Å². The summed E-state index contributed by atoms with van der Waals surface area (Å²) in [6.45, 7) is 5.29. The van der Waals surface area contributed by atoms with E-state index in [2.05, 4.69) is 11.4 Å². The molecule has 0 radical (unpaired) electrons. The van der Waals surface area contributed by atoms with Crippen LogP contribution in [0.3, 0.4) is 0 Å². The molecule has 0 bridgehead atoms. The fourth-order valence-corrected chi connectivity index (χ4v) is 3.90. The molecule has 1 N–H and O–H groups in total. The third-order valence-electron chi connectivity index (χ3n) is 4.56. The number of rotatable bonds is 4. The highest BCUT2D eigenvalue weighted by atomic mass is 32.1. The lowest BCUT2D eigenvalue weighted by molar-refractivity contribution is -0.124. The summed E-state index contributed by atoms with van der Waals surface area (Å²) in [5.41, 5.74) is 1.25. The largest absolute Gasteiger partial charge is 0.353 e. The van der Waals surface area contributed by atoms with E-state index in [0.717, 1.165) is 30.8 Å². The second kappa shape index (κ2) is 6.41. The molecule has 2 fully saturated rings. The number of likely N-dealkylation sites (tertiary alicyclic amines) is 1. The van der Waals surface area contributed by atoms with E-state index >= 15 is 0 Å². The van der Waals surface area contributed by atoms with Crippen LogP contribution >= 0.6 is 11.3 Å². The Labute approximate surface area is 135 Å². The molecular weight excluding hydrogens is 296 g/mol. The molecule has 2 amide bonds. The average Bonchev–Trinajstić information content (AvgIpc) is 3.24. The number of thiophene rings is 1. The SMILES string of the molecule is CC(C)C(=O)NC1CCN(C(=O)c2sccc2C2CC2)CC1. The van der Waals surface area contributed by atoms with Crippen molar-refractivity contribution in [3.05, 3.63) is 21.9 Å². The summed E-state index contributed by atoms with van der Waals surface area (Å²) in [5, 5.41) is 5.12. The van der Waals surface area contributed by atoms with Crippen molar-refractivity contribution in [3.63, 3.8) is 0 Å². The van der Waals surface area contributed by atoms with E-state index in [1.807, 2.05) is 24.1 Å². The molecule has 1 aromatic rings. The molecule has 1 aromatic heterocycles. The number of carbonyl (C=O) groups excluding carboxylic acids is 2. The number of nitrogens with zero attached hydrogens (tertiary/aromatic N) is 1. The third kappa shape index (κ3) is 3.35. The predicted molar refractivity (Wildman–Crippen MR) is 88.2 cm³/mol. The maximum absolute atomic E-state index is 12.7. The van der Waals surface area contributed by atoms with Crippen LogP contribution < -0.4 is 5.32 Å². The molecule has 0 spiro atoms. The molecule has 1 saturated heterocycles. The fraction of sp³-hybridized carbons (Fsp3) is 0.647. The van der Waals surface area contributed by atoms with Crippen LogP contribution in [0.5, 0.6) is 0 Å². The highest BCUT2D eigenvalue weighted by Gasteiger charge is 2.32. The zero-order valence-corrected chi connectivity index (χ0v) is 14.1. The van der Waals surface area contributed by atoms with E-state index in [0.29, 0.717) is 5.92 Å². The molecule has 0 aromatic carbocycles. The van der Waals surface area contributed by atoms with Gasteiger partial charge in [0.1, 0.15) is 0 Å². The van der Waals surface area contributed by atoms with Crippen LogP contribution in [0.4, 0.5) is 0 Å². The molecular formula is C17H24N2O2S. The Bertz CT molecular complexity index is 555. The monoisotopic (exact) mass is 320 g/mol. The molecule has 4 nitrogen and oxygen atoms in total. The van der Waals surface area contributed by atoms with Crippen LogP contribution in [0, 0.1) is 5.92 Å². The highest BCUT2D eigenvalue weighted by Crippen LogP contribution is 2.43. The van der Waals surface area contributed by atoms with E-state index in [-0.39, 0.29) is 23.8 Å². The van der Waals surface area contributed by atoms with Crippen molar-refractivity contribution in [3.8, 4) is 0 Å². The summed E-state index contributed by atoms with van der Waals surface area (Å²) < 4.78 is 0. The number of nitrogens with one attached hydrogen (secondary N) is 1. The van der Waals surface area contributed by atoms with E-state index in [9.17, 15) is 9.59 Å². The second-order valence-electron chi connectivity index (χ2n) is 6.71. The summed E-state index contributed by atoms with van der Waals surface area (Å²) in [7, 11) is 0. The summed E-state index contributed by atoms with van der Waals surface area (Å²) in [6, 6.07) is 2.33. The standard InChI is InChI=1S/C17H24N2O2S/c1-11(2)16(20)18-13-5-8-19(9-6-13)17(21)15-14(7-10-22-15)12-3-4-12/h7,10-13H,3-6,8-9H2,1-2H3,(H,18,20). The van der Waals surface area contributed by atoms with Gasteiger partial charge < -0.3 is 10.2 Å². The van der Waals surface area contributed by atoms with Crippen LogP contribution in [-0.4, -0.2) is 35.8 Å². The van der Waals surface area contributed by atoms with Crippen LogP contribution in [0.1, 0.15) is 60.7 Å². The second-order valence-corrected chi connectivity index (χ2v) is 7.63. The smallest absolute Gasteiger partial charge is 0.264 e. The van der Waals surface area contributed by atoms with Gasteiger partial charge in [0.05, 0.1) is 4.88 Å². The summed E-state index contributed by atoms with van der Waals surface area (Å²) in [6.07, 6.45) is 4.16. The molecule has 22 heavy (non-hydrogen) atoms. The minimum atomic E-state index is 0.0203. The van der Waals surface area contributed by atoms with Crippen molar-refractivity contribution in [1.82, 2.24) is 10.2 Å². The zero-order valence-electron chi connectivity index (χ0n) is 13.3. The minimum Gasteiger partial charge on any atom is -0.353 e. The van der Waals surface area contributed by atoms with E-state index in [4.69, 9.17) is 0 Å². The van der Waals surface area contributed by atoms with Crippen LogP contribution in [-0.2, 0) is 4.79 Å². The molecule has 2 heterocycles.